The maximum absolute atomic E-state index is 12.6. The van der Waals surface area contributed by atoms with Gasteiger partial charge in [-0.1, -0.05) is 18.1 Å². The first kappa shape index (κ1) is 24.8. The second kappa shape index (κ2) is 10.9. The fourth-order valence-electron chi connectivity index (χ4n) is 2.88. The van der Waals surface area contributed by atoms with E-state index in [-0.39, 0.29) is 16.7 Å². The molecule has 180 valence electrons. The van der Waals surface area contributed by atoms with Crippen molar-refractivity contribution < 1.29 is 27.2 Å². The van der Waals surface area contributed by atoms with E-state index in [1.54, 1.807) is 39.2 Å². The van der Waals surface area contributed by atoms with Crippen LogP contribution in [0.5, 0.6) is 11.5 Å². The number of aromatic nitrogens is 1. The van der Waals surface area contributed by atoms with Crippen LogP contribution in [0.15, 0.2) is 58.0 Å². The molecule has 0 radical (unpaired) electrons. The molecule has 0 aliphatic heterocycles. The summed E-state index contributed by atoms with van der Waals surface area (Å²) in [5.41, 5.74) is 2.42. The lowest BCUT2D eigenvalue weighted by molar-refractivity contribution is -0.111. The lowest BCUT2D eigenvalue weighted by Gasteiger charge is -2.10. The van der Waals surface area contributed by atoms with Crippen molar-refractivity contribution in [1.29, 1.82) is 0 Å². The van der Waals surface area contributed by atoms with Gasteiger partial charge >= 0.3 is 0 Å². The first-order valence-corrected chi connectivity index (χ1v) is 12.1. The van der Waals surface area contributed by atoms with Gasteiger partial charge in [-0.15, -0.1) is 0 Å². The Morgan fingerprint density at radius 2 is 1.85 bits per heavy atom. The second-order valence-corrected chi connectivity index (χ2v) is 9.12. The summed E-state index contributed by atoms with van der Waals surface area (Å²) in [4.78, 5) is 12.3. The molecule has 0 saturated heterocycles. The number of ether oxygens (including phenoxy) is 2. The third kappa shape index (κ3) is 6.16. The first-order valence-electron chi connectivity index (χ1n) is 10.6. The fourth-order valence-corrected chi connectivity index (χ4v) is 3.93. The van der Waals surface area contributed by atoms with Gasteiger partial charge in [-0.25, -0.2) is 13.1 Å². The van der Waals surface area contributed by atoms with Gasteiger partial charge in [-0.05, 0) is 68.3 Å². The van der Waals surface area contributed by atoms with Crippen LogP contribution in [0.1, 0.15) is 30.2 Å². The van der Waals surface area contributed by atoms with Crippen LogP contribution < -0.4 is 19.5 Å². The van der Waals surface area contributed by atoms with Gasteiger partial charge < -0.3 is 19.3 Å². The molecule has 10 heteroatoms. The van der Waals surface area contributed by atoms with Crippen LogP contribution in [0.2, 0.25) is 0 Å². The third-order valence-electron chi connectivity index (χ3n) is 4.89. The van der Waals surface area contributed by atoms with Crippen molar-refractivity contribution in [1.82, 2.24) is 5.16 Å². The zero-order valence-corrected chi connectivity index (χ0v) is 20.2. The fraction of sp³-hybridized carbons (Fsp3) is 0.250. The van der Waals surface area contributed by atoms with Crippen molar-refractivity contribution in [2.45, 2.75) is 32.1 Å². The van der Waals surface area contributed by atoms with Crippen molar-refractivity contribution in [2.24, 2.45) is 0 Å². The van der Waals surface area contributed by atoms with Gasteiger partial charge in [0.05, 0.1) is 24.3 Å². The molecule has 2 N–H and O–H groups in total. The molecule has 0 aliphatic rings. The average Bonchev–Trinajstić information content (AvgIpc) is 3.13. The van der Waals surface area contributed by atoms with Gasteiger partial charge in [-0.2, -0.15) is 0 Å². The predicted molar refractivity (Wildman–Crippen MR) is 130 cm³/mol. The molecular weight excluding hydrogens is 458 g/mol. The second-order valence-electron chi connectivity index (χ2n) is 7.43. The molecule has 0 aliphatic carbocycles. The molecule has 0 saturated carbocycles. The number of rotatable bonds is 10. The molecule has 2 aromatic carbocycles. The van der Waals surface area contributed by atoms with Gasteiger partial charge in [0.25, 0.3) is 10.0 Å². The minimum Gasteiger partial charge on any atom is -0.493 e. The number of sulfonamides is 1. The monoisotopic (exact) mass is 485 g/mol. The molecule has 0 atom stereocenters. The Morgan fingerprint density at radius 1 is 1.12 bits per heavy atom. The van der Waals surface area contributed by atoms with Crippen LogP contribution in [0.25, 0.3) is 6.08 Å². The van der Waals surface area contributed by atoms with Crippen LogP contribution in [0.4, 0.5) is 11.6 Å². The largest absolute Gasteiger partial charge is 0.493 e. The summed E-state index contributed by atoms with van der Waals surface area (Å²) in [6.45, 7) is 6.03. The quantitative estimate of drug-likeness (QED) is 0.405. The van der Waals surface area contributed by atoms with E-state index in [0.717, 1.165) is 12.0 Å². The van der Waals surface area contributed by atoms with Crippen molar-refractivity contribution in [3.63, 3.8) is 0 Å². The van der Waals surface area contributed by atoms with Crippen molar-refractivity contribution >= 4 is 33.6 Å². The minimum atomic E-state index is -3.86. The molecule has 1 heterocycles. The molecule has 9 nitrogen and oxygen atoms in total. The number of hydrogen-bond donors (Lipinski definition) is 2. The Bertz CT molecular complexity index is 1280. The summed E-state index contributed by atoms with van der Waals surface area (Å²) in [5.74, 6) is 0.926. The number of nitrogens with one attached hydrogen (secondary N) is 2. The van der Waals surface area contributed by atoms with Crippen molar-refractivity contribution in [3.05, 3.63) is 65.4 Å². The molecular formula is C24H27N3O6S. The number of carbonyl (C=O) groups excluding carboxylic acids is 1. The molecule has 3 aromatic rings. The van der Waals surface area contributed by atoms with Crippen LogP contribution in [0.3, 0.4) is 0 Å². The molecule has 0 unspecified atom stereocenters. The molecule has 3 rings (SSSR count). The van der Waals surface area contributed by atoms with Crippen LogP contribution in [0, 0.1) is 13.8 Å². The summed E-state index contributed by atoms with van der Waals surface area (Å²) < 4.78 is 43.5. The van der Waals surface area contributed by atoms with Crippen LogP contribution in [-0.4, -0.2) is 33.2 Å². The zero-order valence-electron chi connectivity index (χ0n) is 19.4. The summed E-state index contributed by atoms with van der Waals surface area (Å²) in [6.07, 6.45) is 3.91. The number of benzene rings is 2. The van der Waals surface area contributed by atoms with E-state index >= 15 is 0 Å². The highest BCUT2D eigenvalue weighted by molar-refractivity contribution is 7.92. The van der Waals surface area contributed by atoms with E-state index in [0.29, 0.717) is 35.1 Å². The highest BCUT2D eigenvalue weighted by Crippen LogP contribution is 2.29. The zero-order chi connectivity index (χ0) is 24.7. The highest BCUT2D eigenvalue weighted by atomic mass is 32.2. The van der Waals surface area contributed by atoms with Gasteiger partial charge in [0.2, 0.25) is 11.8 Å². The van der Waals surface area contributed by atoms with E-state index < -0.39 is 10.0 Å². The van der Waals surface area contributed by atoms with E-state index in [1.165, 1.54) is 30.3 Å². The van der Waals surface area contributed by atoms with E-state index in [4.69, 9.17) is 14.0 Å². The van der Waals surface area contributed by atoms with E-state index in [9.17, 15) is 13.2 Å². The number of methoxy groups -OCH3 is 1. The number of amides is 1. The summed E-state index contributed by atoms with van der Waals surface area (Å²) in [6, 6.07) is 11.2. The smallest absolute Gasteiger partial charge is 0.264 e. The topological polar surface area (TPSA) is 120 Å². The van der Waals surface area contributed by atoms with E-state index in [1.807, 2.05) is 13.0 Å². The summed E-state index contributed by atoms with van der Waals surface area (Å²) >= 11 is 0. The summed E-state index contributed by atoms with van der Waals surface area (Å²) in [5, 5.41) is 6.43. The molecule has 0 fully saturated rings. The molecule has 0 bridgehead atoms. The van der Waals surface area contributed by atoms with Crippen LogP contribution in [-0.2, 0) is 14.8 Å². The van der Waals surface area contributed by atoms with Crippen molar-refractivity contribution in [2.75, 3.05) is 23.8 Å². The summed E-state index contributed by atoms with van der Waals surface area (Å²) in [7, 11) is -2.31. The van der Waals surface area contributed by atoms with Gasteiger partial charge in [0.15, 0.2) is 11.5 Å². The van der Waals surface area contributed by atoms with Gasteiger partial charge in [0, 0.05) is 17.3 Å². The van der Waals surface area contributed by atoms with Gasteiger partial charge in [-0.3, -0.25) is 4.79 Å². The third-order valence-corrected chi connectivity index (χ3v) is 6.24. The maximum Gasteiger partial charge on any atom is 0.264 e. The SMILES string of the molecule is CCCOc1ccc(/C=C/C(=O)Nc2ccc(S(=O)(=O)Nc3onc(C)c3C)cc2)cc1OC. The highest BCUT2D eigenvalue weighted by Gasteiger charge is 2.19. The molecule has 0 spiro atoms. The van der Waals surface area contributed by atoms with Gasteiger partial charge in [0.1, 0.15) is 0 Å². The number of nitrogens with zero attached hydrogens (tertiary/aromatic N) is 1. The average molecular weight is 486 g/mol. The molecule has 1 amide bonds. The Hall–Kier alpha value is -3.79. The van der Waals surface area contributed by atoms with E-state index in [2.05, 4.69) is 15.2 Å². The Labute approximate surface area is 198 Å². The minimum absolute atomic E-state index is 0.0203. The molecule has 34 heavy (non-hydrogen) atoms. The number of carbonyl (C=O) groups is 1. The lowest BCUT2D eigenvalue weighted by atomic mass is 10.2. The Balaban J connectivity index is 1.63. The standard InChI is InChI=1S/C24H27N3O6S/c1-5-14-32-21-12-6-18(15-22(21)31-4)7-13-23(28)25-19-8-10-20(11-9-19)34(29,30)27-24-16(2)17(3)26-33-24/h6-13,15,27H,5,14H2,1-4H3,(H,25,28)/b13-7+. The predicted octanol–water partition coefficient (Wildman–Crippen LogP) is 4.54. The number of anilines is 2. The molecule has 1 aromatic heterocycles. The Morgan fingerprint density at radius 3 is 2.47 bits per heavy atom. The van der Waals surface area contributed by atoms with Crippen molar-refractivity contribution in [3.8, 4) is 11.5 Å². The lowest BCUT2D eigenvalue weighted by Crippen LogP contribution is -2.13. The number of aryl methyl sites for hydroxylation is 1. The maximum atomic E-state index is 12.6. The van der Waals surface area contributed by atoms with Crippen LogP contribution >= 0.6 is 0 Å². The number of hydrogen-bond acceptors (Lipinski definition) is 7. The normalized spacial score (nSPS) is 11.4. The Kier molecular flexibility index (Phi) is 7.95. The first-order chi connectivity index (χ1) is 16.2.